The van der Waals surface area contributed by atoms with E-state index in [9.17, 15) is 18.0 Å². The summed E-state index contributed by atoms with van der Waals surface area (Å²) < 4.78 is 39.9. The number of hydrogen-bond acceptors (Lipinski definition) is 4. The predicted octanol–water partition coefficient (Wildman–Crippen LogP) is 2.96. The zero-order chi connectivity index (χ0) is 21.6. The second-order valence-electron chi connectivity index (χ2n) is 6.74. The summed E-state index contributed by atoms with van der Waals surface area (Å²) in [5.74, 6) is -2.02. The van der Waals surface area contributed by atoms with Gasteiger partial charge in [0.2, 0.25) is 11.8 Å². The van der Waals surface area contributed by atoms with Crippen molar-refractivity contribution in [1.82, 2.24) is 14.5 Å². The Balaban J connectivity index is 0.000000370. The quantitative estimate of drug-likeness (QED) is 0.836. The third-order valence-electron chi connectivity index (χ3n) is 4.07. The maximum Gasteiger partial charge on any atom is 0.490 e. The first-order valence-electron chi connectivity index (χ1n) is 8.88. The Morgan fingerprint density at radius 1 is 1.21 bits per heavy atom. The van der Waals surface area contributed by atoms with Crippen molar-refractivity contribution in [1.29, 1.82) is 0 Å². The number of halogens is 3. The van der Waals surface area contributed by atoms with Crippen molar-refractivity contribution < 1.29 is 32.6 Å². The Labute approximate surface area is 165 Å². The highest BCUT2D eigenvalue weighted by Gasteiger charge is 2.38. The van der Waals surface area contributed by atoms with Gasteiger partial charge in [0.25, 0.3) is 0 Å². The van der Waals surface area contributed by atoms with E-state index in [4.69, 9.17) is 14.6 Å². The number of aromatic nitrogens is 2. The van der Waals surface area contributed by atoms with E-state index in [1.54, 1.807) is 6.20 Å². The second kappa shape index (κ2) is 9.44. The van der Waals surface area contributed by atoms with E-state index in [-0.39, 0.29) is 17.9 Å². The highest BCUT2D eigenvalue weighted by Crippen LogP contribution is 2.19. The minimum Gasteiger partial charge on any atom is -0.475 e. The Morgan fingerprint density at radius 3 is 2.45 bits per heavy atom. The van der Waals surface area contributed by atoms with E-state index in [0.717, 1.165) is 12.2 Å². The average molecular weight is 413 g/mol. The number of carbonyl (C=O) groups is 2. The molecule has 0 aliphatic carbocycles. The molecule has 29 heavy (non-hydrogen) atoms. The van der Waals surface area contributed by atoms with Crippen LogP contribution in [0, 0.1) is 5.92 Å². The van der Waals surface area contributed by atoms with Crippen molar-refractivity contribution >= 4 is 11.9 Å². The number of rotatable bonds is 3. The second-order valence-corrected chi connectivity index (χ2v) is 6.74. The average Bonchev–Trinajstić information content (AvgIpc) is 3.00. The van der Waals surface area contributed by atoms with E-state index >= 15 is 0 Å². The van der Waals surface area contributed by atoms with Crippen molar-refractivity contribution in [2.75, 3.05) is 6.54 Å². The number of hydrogen-bond donors (Lipinski definition) is 1. The number of pyridine rings is 1. The molecule has 1 atom stereocenters. The van der Waals surface area contributed by atoms with Crippen LogP contribution in [0.2, 0.25) is 0 Å². The van der Waals surface area contributed by atoms with Gasteiger partial charge in [-0.1, -0.05) is 19.9 Å². The molecule has 0 saturated heterocycles. The maximum atomic E-state index is 12.4. The largest absolute Gasteiger partial charge is 0.490 e. The molecule has 10 heteroatoms. The molecular weight excluding hydrogens is 391 g/mol. The lowest BCUT2D eigenvalue weighted by Gasteiger charge is -2.26. The van der Waals surface area contributed by atoms with Gasteiger partial charge in [0.1, 0.15) is 6.10 Å². The number of carboxylic acids is 1. The number of carboxylic acid groups (broad SMARTS) is 1. The van der Waals surface area contributed by atoms with E-state index < -0.39 is 12.1 Å². The molecule has 0 aromatic carbocycles. The lowest BCUT2D eigenvalue weighted by molar-refractivity contribution is -0.192. The van der Waals surface area contributed by atoms with Crippen LogP contribution in [0.3, 0.4) is 0 Å². The minimum atomic E-state index is -5.08. The maximum absolute atomic E-state index is 12.4. The third kappa shape index (κ3) is 6.51. The van der Waals surface area contributed by atoms with E-state index in [2.05, 4.69) is 15.6 Å². The molecule has 158 valence electrons. The summed E-state index contributed by atoms with van der Waals surface area (Å²) in [4.78, 5) is 27.4. The molecule has 2 aromatic heterocycles. The Hall–Kier alpha value is -3.04. The Bertz CT molecular complexity index is 822. The summed E-state index contributed by atoms with van der Waals surface area (Å²) in [5.41, 5.74) is 1.14. The van der Waals surface area contributed by atoms with Gasteiger partial charge in [-0.25, -0.2) is 9.78 Å². The van der Waals surface area contributed by atoms with Crippen LogP contribution in [0.15, 0.2) is 42.7 Å². The summed E-state index contributed by atoms with van der Waals surface area (Å²) in [7, 11) is 0. The van der Waals surface area contributed by atoms with Crippen molar-refractivity contribution in [2.45, 2.75) is 39.2 Å². The number of fused-ring (bicyclic) bond motifs is 1. The van der Waals surface area contributed by atoms with Gasteiger partial charge in [-0.2, -0.15) is 13.2 Å². The summed E-state index contributed by atoms with van der Waals surface area (Å²) in [5, 5.41) is 7.12. The van der Waals surface area contributed by atoms with Crippen molar-refractivity contribution in [2.24, 2.45) is 5.92 Å². The van der Waals surface area contributed by atoms with Crippen molar-refractivity contribution in [3.05, 3.63) is 48.4 Å². The molecule has 7 nitrogen and oxygen atoms in total. The van der Waals surface area contributed by atoms with E-state index in [0.29, 0.717) is 19.0 Å². The number of carbonyl (C=O) groups excluding carboxylic acids is 1. The number of alkyl halides is 3. The van der Waals surface area contributed by atoms with Crippen LogP contribution in [0.5, 0.6) is 5.88 Å². The van der Waals surface area contributed by atoms with Gasteiger partial charge in [-0.05, 0) is 18.2 Å². The van der Waals surface area contributed by atoms with Gasteiger partial charge >= 0.3 is 12.1 Å². The zero-order valence-corrected chi connectivity index (χ0v) is 16.0. The summed E-state index contributed by atoms with van der Waals surface area (Å²) in [6.07, 6.45) is -1.44. The summed E-state index contributed by atoms with van der Waals surface area (Å²) in [6.45, 7) is 5.80. The van der Waals surface area contributed by atoms with Crippen LogP contribution in [0.1, 0.15) is 19.5 Å². The number of aliphatic carboxylic acids is 1. The summed E-state index contributed by atoms with van der Waals surface area (Å²) >= 11 is 0. The van der Waals surface area contributed by atoms with Gasteiger partial charge in [0, 0.05) is 30.1 Å². The standard InChI is InChI=1S/C17H21N3O2.C2HF3O2/c1-13(2)17(21)20-10-14-6-5-9-19(14)11-15(12-20)22-16-7-3-4-8-18-16;3-2(4,5)1(6)7/h3-9,13,15H,10-12H2,1-2H3;(H,6,7). The van der Waals surface area contributed by atoms with Crippen LogP contribution in [-0.2, 0) is 22.7 Å². The Kier molecular flexibility index (Phi) is 7.24. The number of ether oxygens (including phenoxy) is 1. The zero-order valence-electron chi connectivity index (χ0n) is 16.0. The molecule has 3 heterocycles. The molecule has 1 unspecified atom stereocenters. The summed E-state index contributed by atoms with van der Waals surface area (Å²) in [6, 6.07) is 9.67. The molecule has 0 radical (unpaired) electrons. The van der Waals surface area contributed by atoms with Gasteiger partial charge < -0.3 is 19.3 Å². The normalized spacial score (nSPS) is 16.3. The molecule has 1 amide bonds. The SMILES string of the molecule is CC(C)C(=O)N1Cc2cccn2CC(Oc2ccccn2)C1.O=C(O)C(F)(F)F. The fourth-order valence-corrected chi connectivity index (χ4v) is 2.75. The van der Waals surface area contributed by atoms with Crippen LogP contribution >= 0.6 is 0 Å². The highest BCUT2D eigenvalue weighted by atomic mass is 19.4. The smallest absolute Gasteiger partial charge is 0.475 e. The molecule has 0 saturated carbocycles. The van der Waals surface area contributed by atoms with Crippen LogP contribution in [0.4, 0.5) is 13.2 Å². The van der Waals surface area contributed by atoms with Crippen LogP contribution < -0.4 is 4.74 Å². The first-order chi connectivity index (χ1) is 13.6. The van der Waals surface area contributed by atoms with Gasteiger partial charge in [0.05, 0.1) is 19.6 Å². The van der Waals surface area contributed by atoms with Gasteiger partial charge in [0.15, 0.2) is 0 Å². The first kappa shape index (κ1) is 22.3. The number of amides is 1. The van der Waals surface area contributed by atoms with Crippen LogP contribution in [-0.4, -0.2) is 50.3 Å². The highest BCUT2D eigenvalue weighted by molar-refractivity contribution is 5.78. The molecule has 1 aliphatic rings. The monoisotopic (exact) mass is 413 g/mol. The van der Waals surface area contributed by atoms with E-state index in [1.807, 2.05) is 49.2 Å². The van der Waals surface area contributed by atoms with Crippen LogP contribution in [0.25, 0.3) is 0 Å². The van der Waals surface area contributed by atoms with Gasteiger partial charge in [-0.3, -0.25) is 4.79 Å². The molecule has 2 aromatic rings. The molecule has 0 spiro atoms. The lowest BCUT2D eigenvalue weighted by Crippen LogP contribution is -2.40. The minimum absolute atomic E-state index is 0.0167. The fraction of sp³-hybridized carbons (Fsp3) is 0.421. The molecule has 1 N–H and O–H groups in total. The molecule has 0 fully saturated rings. The van der Waals surface area contributed by atoms with Gasteiger partial charge in [-0.15, -0.1) is 0 Å². The van der Waals surface area contributed by atoms with Crippen molar-refractivity contribution in [3.63, 3.8) is 0 Å². The predicted molar refractivity (Wildman–Crippen MR) is 97.0 cm³/mol. The third-order valence-corrected chi connectivity index (χ3v) is 4.07. The number of nitrogens with zero attached hydrogens (tertiary/aromatic N) is 3. The molecule has 0 bridgehead atoms. The lowest BCUT2D eigenvalue weighted by atomic mass is 10.1. The van der Waals surface area contributed by atoms with Crippen molar-refractivity contribution in [3.8, 4) is 5.88 Å². The first-order valence-corrected chi connectivity index (χ1v) is 8.88. The molecule has 3 rings (SSSR count). The topological polar surface area (TPSA) is 84.7 Å². The van der Waals surface area contributed by atoms with E-state index in [1.165, 1.54) is 0 Å². The molecular formula is C19H22F3N3O4. The fourth-order valence-electron chi connectivity index (χ4n) is 2.75. The molecule has 1 aliphatic heterocycles. The Morgan fingerprint density at radius 2 is 1.90 bits per heavy atom.